The molecule has 1 atom stereocenters. The molecule has 0 saturated heterocycles. The largest absolute Gasteiger partial charge is 0.667 e. The molecule has 1 amide bonds. The van der Waals surface area contributed by atoms with Crippen LogP contribution in [0.1, 0.15) is 36.8 Å². The van der Waals surface area contributed by atoms with Crippen molar-refractivity contribution in [2.75, 3.05) is 5.75 Å². The lowest BCUT2D eigenvalue weighted by Gasteiger charge is -2.19. The van der Waals surface area contributed by atoms with E-state index < -0.39 is 23.7 Å². The van der Waals surface area contributed by atoms with Crippen molar-refractivity contribution < 1.29 is 18.0 Å². The van der Waals surface area contributed by atoms with Crippen LogP contribution >= 0.6 is 12.6 Å². The van der Waals surface area contributed by atoms with E-state index in [1.54, 1.807) is 0 Å². The van der Waals surface area contributed by atoms with Crippen molar-refractivity contribution in [2.24, 2.45) is 0 Å². The van der Waals surface area contributed by atoms with E-state index in [1.807, 2.05) is 0 Å². The SMILES string of the molecule is [NH-][C@@H](CCCCCS)C(=O)NCc1ccc(C(F)(F)F)cc1. The molecule has 0 unspecified atom stereocenters. The molecule has 0 aromatic heterocycles. The van der Waals surface area contributed by atoms with E-state index in [4.69, 9.17) is 5.73 Å². The molecule has 1 rings (SSSR count). The molecule has 22 heavy (non-hydrogen) atoms. The van der Waals surface area contributed by atoms with Gasteiger partial charge in [0.05, 0.1) is 5.56 Å². The number of hydrogen-bond donors (Lipinski definition) is 2. The first-order valence-corrected chi connectivity index (χ1v) is 7.73. The Kier molecular flexibility index (Phi) is 7.75. The quantitative estimate of drug-likeness (QED) is 0.543. The first kappa shape index (κ1) is 18.8. The maximum atomic E-state index is 12.4. The van der Waals surface area contributed by atoms with Crippen LogP contribution in [0.5, 0.6) is 0 Å². The van der Waals surface area contributed by atoms with E-state index in [0.717, 1.165) is 37.1 Å². The second kappa shape index (κ2) is 9.05. The molecular formula is C15H20F3N2OS-. The minimum Gasteiger partial charge on any atom is -0.667 e. The number of carbonyl (C=O) groups is 1. The van der Waals surface area contributed by atoms with E-state index in [2.05, 4.69) is 17.9 Å². The van der Waals surface area contributed by atoms with Gasteiger partial charge in [-0.25, -0.2) is 0 Å². The molecule has 0 spiro atoms. The Hall–Kier alpha value is -1.21. The molecule has 0 aliphatic rings. The molecule has 2 N–H and O–H groups in total. The number of unbranched alkanes of at least 4 members (excludes halogenated alkanes) is 2. The molecule has 0 heterocycles. The summed E-state index contributed by atoms with van der Waals surface area (Å²) in [4.78, 5) is 11.7. The fraction of sp³-hybridized carbons (Fsp3) is 0.533. The van der Waals surface area contributed by atoms with Crippen LogP contribution < -0.4 is 5.32 Å². The second-order valence-electron chi connectivity index (χ2n) is 5.04. The van der Waals surface area contributed by atoms with Gasteiger partial charge in [0.2, 0.25) is 5.91 Å². The van der Waals surface area contributed by atoms with E-state index in [9.17, 15) is 18.0 Å². The molecule has 0 radical (unpaired) electrons. The average Bonchev–Trinajstić information content (AvgIpc) is 2.48. The highest BCUT2D eigenvalue weighted by atomic mass is 32.1. The van der Waals surface area contributed by atoms with Gasteiger partial charge in [0, 0.05) is 6.54 Å². The third-order valence-electron chi connectivity index (χ3n) is 3.22. The Morgan fingerprint density at radius 1 is 1.18 bits per heavy atom. The predicted octanol–water partition coefficient (Wildman–Crippen LogP) is 4.23. The molecule has 1 aromatic carbocycles. The summed E-state index contributed by atoms with van der Waals surface area (Å²) >= 11 is 4.09. The summed E-state index contributed by atoms with van der Waals surface area (Å²) in [7, 11) is 0. The standard InChI is InChI=1S/C15H20F3N2OS/c16-15(17,18)12-7-5-11(6-8-12)10-20-14(21)13(19)4-2-1-3-9-22/h5-8,13,19,22H,1-4,9-10H2,(H,20,21)/q-1/t13-/m0/s1. The molecule has 0 aliphatic heterocycles. The van der Waals surface area contributed by atoms with Gasteiger partial charge in [-0.05, 0) is 29.9 Å². The average molecular weight is 333 g/mol. The zero-order chi connectivity index (χ0) is 16.6. The minimum absolute atomic E-state index is 0.128. The van der Waals surface area contributed by atoms with Gasteiger partial charge in [-0.1, -0.05) is 37.4 Å². The van der Waals surface area contributed by atoms with Crippen molar-refractivity contribution in [2.45, 2.75) is 44.4 Å². The summed E-state index contributed by atoms with van der Waals surface area (Å²) in [6, 6.07) is 3.78. The van der Waals surface area contributed by atoms with E-state index in [0.29, 0.717) is 12.0 Å². The van der Waals surface area contributed by atoms with E-state index in [1.165, 1.54) is 12.1 Å². The van der Waals surface area contributed by atoms with Crippen LogP contribution in [0.25, 0.3) is 5.73 Å². The number of alkyl halides is 3. The Morgan fingerprint density at radius 2 is 1.82 bits per heavy atom. The predicted molar refractivity (Wildman–Crippen MR) is 83.7 cm³/mol. The zero-order valence-electron chi connectivity index (χ0n) is 12.1. The topological polar surface area (TPSA) is 52.9 Å². The third kappa shape index (κ3) is 6.70. The van der Waals surface area contributed by atoms with E-state index >= 15 is 0 Å². The number of hydrogen-bond acceptors (Lipinski definition) is 2. The van der Waals surface area contributed by atoms with Gasteiger partial charge in [-0.2, -0.15) is 25.8 Å². The number of carbonyl (C=O) groups excluding carboxylic acids is 1. The lowest BCUT2D eigenvalue weighted by Crippen LogP contribution is -2.31. The maximum Gasteiger partial charge on any atom is 0.416 e. The molecule has 0 aliphatic carbocycles. The summed E-state index contributed by atoms with van der Waals surface area (Å²) in [5.41, 5.74) is 7.57. The molecule has 0 fully saturated rings. The maximum absolute atomic E-state index is 12.4. The van der Waals surface area contributed by atoms with Crippen molar-refractivity contribution in [3.05, 3.63) is 41.1 Å². The molecular weight excluding hydrogens is 313 g/mol. The first-order chi connectivity index (χ1) is 10.3. The van der Waals surface area contributed by atoms with Gasteiger partial charge < -0.3 is 11.1 Å². The van der Waals surface area contributed by atoms with Crippen LogP contribution in [0.3, 0.4) is 0 Å². The smallest absolute Gasteiger partial charge is 0.416 e. The van der Waals surface area contributed by atoms with Gasteiger partial charge in [-0.3, -0.25) is 4.79 Å². The highest BCUT2D eigenvalue weighted by Gasteiger charge is 2.29. The monoisotopic (exact) mass is 333 g/mol. The number of halogens is 3. The van der Waals surface area contributed by atoms with Gasteiger partial charge in [0.25, 0.3) is 0 Å². The Morgan fingerprint density at radius 3 is 2.36 bits per heavy atom. The highest BCUT2D eigenvalue weighted by molar-refractivity contribution is 7.80. The summed E-state index contributed by atoms with van der Waals surface area (Å²) in [6.45, 7) is 0.128. The lowest BCUT2D eigenvalue weighted by molar-refractivity contribution is -0.137. The van der Waals surface area contributed by atoms with Crippen molar-refractivity contribution in [1.82, 2.24) is 5.32 Å². The number of amides is 1. The summed E-state index contributed by atoms with van der Waals surface area (Å²) in [6.07, 6.45) is -1.19. The van der Waals surface area contributed by atoms with Crippen LogP contribution in [0.4, 0.5) is 13.2 Å². The number of benzene rings is 1. The normalized spacial score (nSPS) is 13.0. The van der Waals surface area contributed by atoms with Crippen molar-refractivity contribution in [3.8, 4) is 0 Å². The fourth-order valence-electron chi connectivity index (χ4n) is 1.89. The van der Waals surface area contributed by atoms with Gasteiger partial charge in [-0.15, -0.1) is 0 Å². The molecule has 1 aromatic rings. The summed E-state index contributed by atoms with van der Waals surface area (Å²) in [5.74, 6) is 0.397. The first-order valence-electron chi connectivity index (χ1n) is 7.10. The summed E-state index contributed by atoms with van der Waals surface area (Å²) in [5, 5.41) is 2.58. The fourth-order valence-corrected chi connectivity index (χ4v) is 2.12. The second-order valence-corrected chi connectivity index (χ2v) is 5.49. The Labute approximate surface area is 133 Å². The zero-order valence-corrected chi connectivity index (χ0v) is 13.0. The van der Waals surface area contributed by atoms with Gasteiger partial charge in [0.15, 0.2) is 0 Å². The van der Waals surface area contributed by atoms with Crippen molar-refractivity contribution >= 4 is 18.5 Å². The molecule has 0 bridgehead atoms. The Balaban J connectivity index is 2.37. The molecule has 124 valence electrons. The molecule has 0 saturated carbocycles. The van der Waals surface area contributed by atoms with Crippen LogP contribution in [-0.4, -0.2) is 17.7 Å². The van der Waals surface area contributed by atoms with Crippen LogP contribution in [0, 0.1) is 0 Å². The van der Waals surface area contributed by atoms with Crippen LogP contribution in [0.15, 0.2) is 24.3 Å². The van der Waals surface area contributed by atoms with E-state index in [-0.39, 0.29) is 6.54 Å². The Bertz CT molecular complexity index is 463. The van der Waals surface area contributed by atoms with Crippen molar-refractivity contribution in [1.29, 1.82) is 0 Å². The third-order valence-corrected chi connectivity index (χ3v) is 3.53. The van der Waals surface area contributed by atoms with Gasteiger partial charge >= 0.3 is 6.18 Å². The van der Waals surface area contributed by atoms with Crippen molar-refractivity contribution in [3.63, 3.8) is 0 Å². The molecule has 7 heteroatoms. The van der Waals surface area contributed by atoms with Crippen LogP contribution in [0.2, 0.25) is 0 Å². The molecule has 3 nitrogen and oxygen atoms in total. The number of thiol groups is 1. The number of nitrogens with one attached hydrogen (secondary N) is 2. The lowest BCUT2D eigenvalue weighted by atomic mass is 10.1. The summed E-state index contributed by atoms with van der Waals surface area (Å²) < 4.78 is 37.2. The number of rotatable bonds is 8. The van der Waals surface area contributed by atoms with Crippen LogP contribution in [-0.2, 0) is 17.5 Å². The minimum atomic E-state index is -4.36. The van der Waals surface area contributed by atoms with Gasteiger partial charge in [0.1, 0.15) is 0 Å². The highest BCUT2D eigenvalue weighted by Crippen LogP contribution is 2.29.